The smallest absolute Gasteiger partial charge is 0.212 e. The maximum absolute atomic E-state index is 5.07. The molecule has 0 bridgehead atoms. The number of rotatable bonds is 4. The number of aryl methyl sites for hydroxylation is 1. The molecule has 0 fully saturated rings. The van der Waals surface area contributed by atoms with Gasteiger partial charge in [0.25, 0.3) is 0 Å². The summed E-state index contributed by atoms with van der Waals surface area (Å²) in [6.45, 7) is 1.89. The van der Waals surface area contributed by atoms with E-state index in [1.165, 1.54) is 0 Å². The highest BCUT2D eigenvalue weighted by atomic mass is 16.5. The van der Waals surface area contributed by atoms with Gasteiger partial charge in [0.1, 0.15) is 17.6 Å². The van der Waals surface area contributed by atoms with Gasteiger partial charge in [-0.1, -0.05) is 17.3 Å². The second kappa shape index (κ2) is 5.66. The zero-order chi connectivity index (χ0) is 14.7. The third kappa shape index (κ3) is 2.86. The van der Waals surface area contributed by atoms with Gasteiger partial charge in [0.2, 0.25) is 5.88 Å². The van der Waals surface area contributed by atoms with Gasteiger partial charge in [0, 0.05) is 23.5 Å². The van der Waals surface area contributed by atoms with Gasteiger partial charge in [-0.15, -0.1) is 0 Å². The van der Waals surface area contributed by atoms with Crippen LogP contribution in [0.5, 0.6) is 5.88 Å². The SMILES string of the molecule is COc1ccc(-c2cccc(Nc3conc3C)c2)cn1. The van der Waals surface area contributed by atoms with Crippen molar-refractivity contribution in [3.8, 4) is 17.0 Å². The molecular weight excluding hydrogens is 266 g/mol. The van der Waals surface area contributed by atoms with Gasteiger partial charge in [-0.05, 0) is 30.7 Å². The van der Waals surface area contributed by atoms with Crippen molar-refractivity contribution in [2.75, 3.05) is 12.4 Å². The molecule has 3 aromatic rings. The molecular formula is C16H15N3O2. The quantitative estimate of drug-likeness (QED) is 0.788. The topological polar surface area (TPSA) is 60.2 Å². The average molecular weight is 281 g/mol. The van der Waals surface area contributed by atoms with Crippen molar-refractivity contribution in [2.24, 2.45) is 0 Å². The monoisotopic (exact) mass is 281 g/mol. The van der Waals surface area contributed by atoms with Crippen molar-refractivity contribution in [2.45, 2.75) is 6.92 Å². The molecule has 0 saturated carbocycles. The van der Waals surface area contributed by atoms with Crippen LogP contribution >= 0.6 is 0 Å². The molecule has 0 aliphatic heterocycles. The predicted octanol–water partition coefficient (Wildman–Crippen LogP) is 3.80. The number of nitrogens with zero attached hydrogens (tertiary/aromatic N) is 2. The van der Waals surface area contributed by atoms with E-state index >= 15 is 0 Å². The van der Waals surface area contributed by atoms with E-state index in [0.29, 0.717) is 5.88 Å². The summed E-state index contributed by atoms with van der Waals surface area (Å²) in [6.07, 6.45) is 3.39. The van der Waals surface area contributed by atoms with E-state index in [9.17, 15) is 0 Å². The summed E-state index contributed by atoms with van der Waals surface area (Å²) in [4.78, 5) is 4.23. The van der Waals surface area contributed by atoms with Gasteiger partial charge < -0.3 is 14.6 Å². The fraction of sp³-hybridized carbons (Fsp3) is 0.125. The number of anilines is 2. The molecule has 2 heterocycles. The van der Waals surface area contributed by atoms with Crippen molar-refractivity contribution >= 4 is 11.4 Å². The van der Waals surface area contributed by atoms with E-state index < -0.39 is 0 Å². The van der Waals surface area contributed by atoms with Crippen LogP contribution in [-0.2, 0) is 0 Å². The molecule has 21 heavy (non-hydrogen) atoms. The van der Waals surface area contributed by atoms with E-state index in [2.05, 4.69) is 21.5 Å². The molecule has 0 unspecified atom stereocenters. The number of pyridine rings is 1. The Hall–Kier alpha value is -2.82. The highest BCUT2D eigenvalue weighted by Gasteiger charge is 2.05. The van der Waals surface area contributed by atoms with Crippen LogP contribution in [0.1, 0.15) is 5.69 Å². The van der Waals surface area contributed by atoms with Crippen LogP contribution in [-0.4, -0.2) is 17.3 Å². The van der Waals surface area contributed by atoms with Crippen LogP contribution in [0, 0.1) is 6.92 Å². The summed E-state index contributed by atoms with van der Waals surface area (Å²) in [7, 11) is 1.60. The van der Waals surface area contributed by atoms with E-state index in [-0.39, 0.29) is 0 Å². The average Bonchev–Trinajstić information content (AvgIpc) is 2.93. The van der Waals surface area contributed by atoms with Gasteiger partial charge in [-0.2, -0.15) is 0 Å². The van der Waals surface area contributed by atoms with Crippen LogP contribution < -0.4 is 10.1 Å². The van der Waals surface area contributed by atoms with Crippen molar-refractivity contribution in [3.05, 3.63) is 54.6 Å². The van der Waals surface area contributed by atoms with Crippen molar-refractivity contribution in [1.82, 2.24) is 10.1 Å². The summed E-state index contributed by atoms with van der Waals surface area (Å²) in [5.41, 5.74) is 4.76. The lowest BCUT2D eigenvalue weighted by Gasteiger charge is -2.07. The van der Waals surface area contributed by atoms with E-state index in [0.717, 1.165) is 28.2 Å². The van der Waals surface area contributed by atoms with Crippen molar-refractivity contribution in [1.29, 1.82) is 0 Å². The first-order chi connectivity index (χ1) is 10.3. The molecule has 5 heteroatoms. The Bertz CT molecular complexity index is 735. The summed E-state index contributed by atoms with van der Waals surface area (Å²) in [6, 6.07) is 11.9. The van der Waals surface area contributed by atoms with Gasteiger partial charge in [-0.25, -0.2) is 4.98 Å². The molecule has 0 saturated heterocycles. The molecule has 106 valence electrons. The van der Waals surface area contributed by atoms with E-state index in [1.54, 1.807) is 19.6 Å². The van der Waals surface area contributed by atoms with Gasteiger partial charge in [0.15, 0.2) is 0 Å². The molecule has 3 rings (SSSR count). The number of benzene rings is 1. The molecule has 1 N–H and O–H groups in total. The Labute approximate surface area is 122 Å². The third-order valence-electron chi connectivity index (χ3n) is 3.17. The summed E-state index contributed by atoms with van der Waals surface area (Å²) >= 11 is 0. The molecule has 0 amide bonds. The number of hydrogen-bond donors (Lipinski definition) is 1. The zero-order valence-corrected chi connectivity index (χ0v) is 11.8. The molecule has 2 aromatic heterocycles. The summed E-state index contributed by atoms with van der Waals surface area (Å²) in [5.74, 6) is 0.605. The van der Waals surface area contributed by atoms with Crippen molar-refractivity contribution in [3.63, 3.8) is 0 Å². The molecule has 5 nitrogen and oxygen atoms in total. The maximum atomic E-state index is 5.07. The van der Waals surface area contributed by atoms with E-state index in [4.69, 9.17) is 9.26 Å². The Morgan fingerprint density at radius 3 is 2.71 bits per heavy atom. The number of methoxy groups -OCH3 is 1. The highest BCUT2D eigenvalue weighted by Crippen LogP contribution is 2.26. The molecule has 0 aliphatic carbocycles. The fourth-order valence-electron chi connectivity index (χ4n) is 2.02. The first kappa shape index (κ1) is 13.2. The highest BCUT2D eigenvalue weighted by molar-refractivity contribution is 5.70. The Kier molecular flexibility index (Phi) is 3.55. The predicted molar refractivity (Wildman–Crippen MR) is 80.7 cm³/mol. The number of nitrogens with one attached hydrogen (secondary N) is 1. The zero-order valence-electron chi connectivity index (χ0n) is 11.8. The summed E-state index contributed by atoms with van der Waals surface area (Å²) in [5, 5.41) is 7.13. The number of aromatic nitrogens is 2. The van der Waals surface area contributed by atoms with E-state index in [1.807, 2.05) is 37.3 Å². The molecule has 1 aromatic carbocycles. The van der Waals surface area contributed by atoms with Crippen LogP contribution in [0.15, 0.2) is 53.4 Å². The van der Waals surface area contributed by atoms with Gasteiger partial charge >= 0.3 is 0 Å². The Morgan fingerprint density at radius 1 is 1.14 bits per heavy atom. The Morgan fingerprint density at radius 2 is 2.05 bits per heavy atom. The minimum absolute atomic E-state index is 0.605. The maximum Gasteiger partial charge on any atom is 0.212 e. The van der Waals surface area contributed by atoms with Crippen LogP contribution in [0.4, 0.5) is 11.4 Å². The molecule has 0 atom stereocenters. The first-order valence-electron chi connectivity index (χ1n) is 6.55. The molecule has 0 spiro atoms. The van der Waals surface area contributed by atoms with Crippen molar-refractivity contribution < 1.29 is 9.26 Å². The lowest BCUT2D eigenvalue weighted by atomic mass is 10.1. The first-order valence-corrected chi connectivity index (χ1v) is 6.55. The fourth-order valence-corrected chi connectivity index (χ4v) is 2.02. The van der Waals surface area contributed by atoms with Gasteiger partial charge in [-0.3, -0.25) is 0 Å². The number of hydrogen-bond acceptors (Lipinski definition) is 5. The second-order valence-electron chi connectivity index (χ2n) is 4.61. The standard InChI is InChI=1S/C16H15N3O2/c1-11-15(10-21-19-11)18-14-5-3-4-12(8-14)13-6-7-16(20-2)17-9-13/h3-10,18H,1-2H3. The summed E-state index contributed by atoms with van der Waals surface area (Å²) < 4.78 is 9.99. The second-order valence-corrected chi connectivity index (χ2v) is 4.61. The normalized spacial score (nSPS) is 10.4. The lowest BCUT2D eigenvalue weighted by molar-refractivity contribution is 0.398. The lowest BCUT2D eigenvalue weighted by Crippen LogP contribution is -1.91. The minimum Gasteiger partial charge on any atom is -0.481 e. The minimum atomic E-state index is 0.605. The number of ether oxygens (including phenoxy) is 1. The molecule has 0 radical (unpaired) electrons. The largest absolute Gasteiger partial charge is 0.481 e. The molecule has 0 aliphatic rings. The Balaban J connectivity index is 1.87. The van der Waals surface area contributed by atoms with Crippen LogP contribution in [0.25, 0.3) is 11.1 Å². The van der Waals surface area contributed by atoms with Crippen LogP contribution in [0.2, 0.25) is 0 Å². The van der Waals surface area contributed by atoms with Crippen LogP contribution in [0.3, 0.4) is 0 Å². The van der Waals surface area contributed by atoms with Gasteiger partial charge in [0.05, 0.1) is 7.11 Å². The third-order valence-corrected chi connectivity index (χ3v) is 3.17.